The number of amides is 2. The summed E-state index contributed by atoms with van der Waals surface area (Å²) in [6, 6.07) is 3.61. The van der Waals surface area contributed by atoms with E-state index < -0.39 is 0 Å². The van der Waals surface area contributed by atoms with E-state index in [1.54, 1.807) is 24.5 Å². The van der Waals surface area contributed by atoms with Gasteiger partial charge in [0.1, 0.15) is 4.88 Å². The third-order valence-corrected chi connectivity index (χ3v) is 3.75. The predicted molar refractivity (Wildman–Crippen MR) is 84.6 cm³/mol. The Bertz CT molecular complexity index is 657. The van der Waals surface area contributed by atoms with Crippen LogP contribution in [-0.4, -0.2) is 27.7 Å². The molecule has 0 aromatic carbocycles. The number of hydrogen-bond donors (Lipinski definition) is 3. The number of hydrogen-bond acceptors (Lipinski definition) is 6. The van der Waals surface area contributed by atoms with Crippen molar-refractivity contribution in [3.8, 4) is 0 Å². The van der Waals surface area contributed by atoms with Gasteiger partial charge in [0.2, 0.25) is 0 Å². The van der Waals surface area contributed by atoms with Crippen molar-refractivity contribution in [1.29, 1.82) is 0 Å². The molecule has 2 aromatic rings. The van der Waals surface area contributed by atoms with Gasteiger partial charge in [0, 0.05) is 25.5 Å². The van der Waals surface area contributed by atoms with Crippen LogP contribution < -0.4 is 16.4 Å². The molecule has 0 saturated heterocycles. The molecule has 0 spiro atoms. The summed E-state index contributed by atoms with van der Waals surface area (Å²) in [5.41, 5.74) is 7.01. The van der Waals surface area contributed by atoms with Gasteiger partial charge in [-0.2, -0.15) is 4.37 Å². The minimum Gasteiger partial charge on any atom is -0.395 e. The lowest BCUT2D eigenvalue weighted by Gasteiger charge is -2.04. The summed E-state index contributed by atoms with van der Waals surface area (Å²) in [5.74, 6) is -0.704. The first kappa shape index (κ1) is 15.9. The molecule has 0 atom stereocenters. The third kappa shape index (κ3) is 3.79. The van der Waals surface area contributed by atoms with Crippen molar-refractivity contribution in [1.82, 2.24) is 20.0 Å². The fraction of sp³-hybridized carbons (Fsp3) is 0.286. The monoisotopic (exact) mass is 319 g/mol. The first-order valence-corrected chi connectivity index (χ1v) is 7.61. The average Bonchev–Trinajstić information content (AvgIpc) is 2.93. The number of carbonyl (C=O) groups is 2. The van der Waals surface area contributed by atoms with Gasteiger partial charge in [-0.05, 0) is 35.6 Å². The van der Waals surface area contributed by atoms with Crippen LogP contribution in [0, 0.1) is 0 Å². The Morgan fingerprint density at radius 1 is 1.23 bits per heavy atom. The van der Waals surface area contributed by atoms with Crippen LogP contribution in [0.2, 0.25) is 0 Å². The molecule has 0 saturated carbocycles. The fourth-order valence-electron chi connectivity index (χ4n) is 1.71. The van der Waals surface area contributed by atoms with E-state index >= 15 is 0 Å². The second-order valence-electron chi connectivity index (χ2n) is 4.57. The Kier molecular flexibility index (Phi) is 5.42. The quantitative estimate of drug-likeness (QED) is 0.741. The second-order valence-corrected chi connectivity index (χ2v) is 5.34. The summed E-state index contributed by atoms with van der Waals surface area (Å²) in [4.78, 5) is 28.1. The number of pyridine rings is 1. The van der Waals surface area contributed by atoms with Crippen molar-refractivity contribution in [2.75, 3.05) is 12.3 Å². The Morgan fingerprint density at radius 3 is 2.64 bits per heavy atom. The molecule has 7 nitrogen and oxygen atoms in total. The van der Waals surface area contributed by atoms with Crippen LogP contribution in [0.3, 0.4) is 0 Å². The summed E-state index contributed by atoms with van der Waals surface area (Å²) >= 11 is 0.921. The standard InChI is InChI=1S/C14H17N5O2S/c1-2-5-17-13(20)11-10(15)12(22-19-11)14(21)18-8-9-3-6-16-7-4-9/h3-4,6-7H,2,5,8,15H2,1H3,(H,17,20)(H,18,21). The summed E-state index contributed by atoms with van der Waals surface area (Å²) in [7, 11) is 0. The van der Waals surface area contributed by atoms with E-state index in [-0.39, 0.29) is 28.1 Å². The van der Waals surface area contributed by atoms with Crippen molar-refractivity contribution < 1.29 is 9.59 Å². The van der Waals surface area contributed by atoms with Gasteiger partial charge in [0.25, 0.3) is 11.8 Å². The Labute approximate surface area is 132 Å². The van der Waals surface area contributed by atoms with E-state index in [0.29, 0.717) is 13.1 Å². The summed E-state index contributed by atoms with van der Waals surface area (Å²) in [6.45, 7) is 2.85. The van der Waals surface area contributed by atoms with Gasteiger partial charge in [-0.25, -0.2) is 0 Å². The van der Waals surface area contributed by atoms with Crippen LogP contribution in [0.1, 0.15) is 39.1 Å². The van der Waals surface area contributed by atoms with Gasteiger partial charge >= 0.3 is 0 Å². The highest BCUT2D eigenvalue weighted by molar-refractivity contribution is 7.09. The molecule has 2 aromatic heterocycles. The van der Waals surface area contributed by atoms with E-state index in [1.165, 1.54) is 0 Å². The molecule has 2 heterocycles. The Hall–Kier alpha value is -2.48. The topological polar surface area (TPSA) is 110 Å². The second kappa shape index (κ2) is 7.51. The normalized spacial score (nSPS) is 10.2. The molecule has 0 bridgehead atoms. The smallest absolute Gasteiger partial charge is 0.273 e. The number of anilines is 1. The van der Waals surface area contributed by atoms with Gasteiger partial charge < -0.3 is 16.4 Å². The van der Waals surface area contributed by atoms with E-state index in [4.69, 9.17) is 5.73 Å². The van der Waals surface area contributed by atoms with Crippen molar-refractivity contribution in [2.45, 2.75) is 19.9 Å². The maximum Gasteiger partial charge on any atom is 0.273 e. The highest BCUT2D eigenvalue weighted by atomic mass is 32.1. The molecule has 0 aliphatic rings. The minimum atomic E-state index is -0.358. The van der Waals surface area contributed by atoms with Crippen molar-refractivity contribution in [3.05, 3.63) is 40.7 Å². The molecule has 2 rings (SSSR count). The van der Waals surface area contributed by atoms with Gasteiger partial charge in [-0.3, -0.25) is 14.6 Å². The summed E-state index contributed by atoms with van der Waals surface area (Å²) < 4.78 is 3.98. The van der Waals surface area contributed by atoms with E-state index in [2.05, 4.69) is 20.0 Å². The molecule has 2 amide bonds. The highest BCUT2D eigenvalue weighted by Gasteiger charge is 2.21. The molecule has 0 unspecified atom stereocenters. The van der Waals surface area contributed by atoms with Crippen LogP contribution in [0.5, 0.6) is 0 Å². The molecule has 4 N–H and O–H groups in total. The van der Waals surface area contributed by atoms with Gasteiger partial charge in [-0.1, -0.05) is 6.92 Å². The van der Waals surface area contributed by atoms with E-state index in [9.17, 15) is 9.59 Å². The summed E-state index contributed by atoms with van der Waals surface area (Å²) in [5, 5.41) is 5.43. The number of nitrogens with two attached hydrogens (primary N) is 1. The van der Waals surface area contributed by atoms with Gasteiger partial charge in [0.05, 0.1) is 5.69 Å². The fourth-order valence-corrected chi connectivity index (χ4v) is 2.42. The van der Waals surface area contributed by atoms with Gasteiger partial charge in [-0.15, -0.1) is 0 Å². The van der Waals surface area contributed by atoms with Crippen LogP contribution in [0.15, 0.2) is 24.5 Å². The number of aromatic nitrogens is 2. The number of nitrogens with zero attached hydrogens (tertiary/aromatic N) is 2. The van der Waals surface area contributed by atoms with E-state index in [1.807, 2.05) is 6.92 Å². The third-order valence-electron chi connectivity index (χ3n) is 2.89. The molecule has 8 heteroatoms. The number of nitrogens with one attached hydrogen (secondary N) is 2. The minimum absolute atomic E-state index is 0.104. The molecular weight excluding hydrogens is 302 g/mol. The Morgan fingerprint density at radius 2 is 1.95 bits per heavy atom. The molecule has 0 radical (unpaired) electrons. The number of rotatable bonds is 6. The van der Waals surface area contributed by atoms with Crippen molar-refractivity contribution in [3.63, 3.8) is 0 Å². The van der Waals surface area contributed by atoms with E-state index in [0.717, 1.165) is 23.5 Å². The Balaban J connectivity index is 2.01. The van der Waals surface area contributed by atoms with Gasteiger partial charge in [0.15, 0.2) is 5.69 Å². The number of nitrogen functional groups attached to an aromatic ring is 1. The van der Waals surface area contributed by atoms with Crippen LogP contribution >= 0.6 is 11.5 Å². The first-order valence-electron chi connectivity index (χ1n) is 6.84. The SMILES string of the molecule is CCCNC(=O)c1nsc(C(=O)NCc2ccncc2)c1N. The molecule has 0 aliphatic carbocycles. The number of carbonyl (C=O) groups excluding carboxylic acids is 2. The lowest BCUT2D eigenvalue weighted by Crippen LogP contribution is -2.26. The maximum absolute atomic E-state index is 12.1. The predicted octanol–water partition coefficient (Wildman–Crippen LogP) is 1.19. The molecule has 116 valence electrons. The molecule has 0 aliphatic heterocycles. The first-order chi connectivity index (χ1) is 10.6. The zero-order valence-corrected chi connectivity index (χ0v) is 12.9. The molecule has 0 fully saturated rings. The van der Waals surface area contributed by atoms with Crippen LogP contribution in [0.4, 0.5) is 5.69 Å². The maximum atomic E-state index is 12.1. The zero-order valence-electron chi connectivity index (χ0n) is 12.1. The van der Waals surface area contributed by atoms with Crippen LogP contribution in [0.25, 0.3) is 0 Å². The van der Waals surface area contributed by atoms with Crippen molar-refractivity contribution >= 4 is 29.0 Å². The lowest BCUT2D eigenvalue weighted by molar-refractivity contribution is 0.0949. The largest absolute Gasteiger partial charge is 0.395 e. The summed E-state index contributed by atoms with van der Waals surface area (Å²) in [6.07, 6.45) is 4.12. The highest BCUT2D eigenvalue weighted by Crippen LogP contribution is 2.21. The van der Waals surface area contributed by atoms with Crippen LogP contribution in [-0.2, 0) is 6.54 Å². The molecule has 22 heavy (non-hydrogen) atoms. The average molecular weight is 319 g/mol. The van der Waals surface area contributed by atoms with Crippen molar-refractivity contribution in [2.24, 2.45) is 0 Å². The zero-order chi connectivity index (χ0) is 15.9. The molecular formula is C14H17N5O2S. The lowest BCUT2D eigenvalue weighted by atomic mass is 10.2.